The first-order valence-corrected chi connectivity index (χ1v) is 15.0. The Morgan fingerprint density at radius 2 is 1.80 bits per heavy atom. The lowest BCUT2D eigenvalue weighted by atomic mass is 10.1. The molecular formula is C34H27BrClN3O5. The first kappa shape index (κ1) is 29.5. The molecule has 0 radical (unpaired) electrons. The number of rotatable bonds is 9. The van der Waals surface area contributed by atoms with Gasteiger partial charge in [-0.15, -0.1) is 0 Å². The molecule has 0 spiro atoms. The first-order chi connectivity index (χ1) is 21.4. The van der Waals surface area contributed by atoms with Crippen LogP contribution in [0.2, 0.25) is 5.02 Å². The van der Waals surface area contributed by atoms with Gasteiger partial charge in [0.1, 0.15) is 23.0 Å². The molecule has 0 unspecified atom stereocenters. The van der Waals surface area contributed by atoms with Crippen molar-refractivity contribution in [3.8, 4) is 28.8 Å². The van der Waals surface area contributed by atoms with Gasteiger partial charge in [0.05, 0.1) is 36.2 Å². The lowest BCUT2D eigenvalue weighted by Crippen LogP contribution is -2.20. The van der Waals surface area contributed by atoms with Gasteiger partial charge in [-0.05, 0) is 71.7 Å². The van der Waals surface area contributed by atoms with Gasteiger partial charge in [0.25, 0.3) is 5.56 Å². The van der Waals surface area contributed by atoms with Gasteiger partial charge in [-0.3, -0.25) is 4.79 Å². The molecule has 44 heavy (non-hydrogen) atoms. The van der Waals surface area contributed by atoms with E-state index in [0.29, 0.717) is 67.8 Å². The summed E-state index contributed by atoms with van der Waals surface area (Å²) < 4.78 is 25.4. The molecule has 222 valence electrons. The molecule has 6 aromatic rings. The number of halogens is 2. The van der Waals surface area contributed by atoms with E-state index in [1.165, 1.54) is 10.9 Å². The van der Waals surface area contributed by atoms with Crippen molar-refractivity contribution in [2.75, 3.05) is 13.7 Å². The fraction of sp³-hybridized carbons (Fsp3) is 0.147. The van der Waals surface area contributed by atoms with E-state index in [1.54, 1.807) is 37.4 Å². The third kappa shape index (κ3) is 5.68. The zero-order valence-electron chi connectivity index (χ0n) is 24.1. The molecule has 0 saturated heterocycles. The van der Waals surface area contributed by atoms with Crippen LogP contribution in [0.4, 0.5) is 0 Å². The highest BCUT2D eigenvalue weighted by molar-refractivity contribution is 9.10. The number of nitrogens with zero attached hydrogens (tertiary/aromatic N) is 3. The van der Waals surface area contributed by atoms with Crippen LogP contribution in [0.3, 0.4) is 0 Å². The smallest absolute Gasteiger partial charge is 0.282 e. The molecule has 2 aromatic heterocycles. The summed E-state index contributed by atoms with van der Waals surface area (Å²) >= 11 is 10.4. The van der Waals surface area contributed by atoms with E-state index < -0.39 is 0 Å². The maximum atomic E-state index is 13.8. The molecule has 0 N–H and O–H groups in total. The minimum absolute atomic E-state index is 0.230. The van der Waals surface area contributed by atoms with E-state index in [1.807, 2.05) is 62.4 Å². The average molecular weight is 673 g/mol. The SMILES string of the molecule is CCOc1cc(C=Nn2c(-c3cc4c(OC)cccc4o3)nc3ccccc3c2=O)c(Br)c(Cl)c1OCc1ccc(C)cc1. The van der Waals surface area contributed by atoms with Gasteiger partial charge in [-0.2, -0.15) is 9.78 Å². The Morgan fingerprint density at radius 1 is 1.00 bits per heavy atom. The normalized spacial score (nSPS) is 11.5. The number of furan rings is 1. The van der Waals surface area contributed by atoms with E-state index in [0.717, 1.165) is 16.5 Å². The topological polar surface area (TPSA) is 88.1 Å². The van der Waals surface area contributed by atoms with E-state index in [4.69, 9.17) is 35.2 Å². The molecule has 0 aliphatic carbocycles. The summed E-state index contributed by atoms with van der Waals surface area (Å²) in [6.45, 7) is 4.61. The third-order valence-corrected chi connectivity index (χ3v) is 8.43. The summed E-state index contributed by atoms with van der Waals surface area (Å²) in [6.07, 6.45) is 1.52. The van der Waals surface area contributed by atoms with Crippen molar-refractivity contribution >= 4 is 55.6 Å². The molecule has 8 nitrogen and oxygen atoms in total. The van der Waals surface area contributed by atoms with Crippen LogP contribution in [0.5, 0.6) is 17.2 Å². The Labute approximate surface area is 266 Å². The van der Waals surface area contributed by atoms with Crippen LogP contribution in [0.15, 0.2) is 97.6 Å². The second-order valence-corrected chi connectivity index (χ2v) is 11.1. The zero-order chi connectivity index (χ0) is 30.8. The molecule has 0 saturated carbocycles. The monoisotopic (exact) mass is 671 g/mol. The molecule has 0 bridgehead atoms. The van der Waals surface area contributed by atoms with Gasteiger partial charge in [0.15, 0.2) is 17.3 Å². The van der Waals surface area contributed by atoms with Crippen molar-refractivity contribution in [2.24, 2.45) is 5.10 Å². The minimum Gasteiger partial charge on any atom is -0.496 e. The maximum absolute atomic E-state index is 13.8. The Balaban J connectivity index is 1.44. The van der Waals surface area contributed by atoms with Gasteiger partial charge in [-0.25, -0.2) is 4.98 Å². The van der Waals surface area contributed by atoms with Crippen LogP contribution in [-0.4, -0.2) is 29.6 Å². The standard InChI is InChI=1S/C34H27BrClN3O5/c1-4-42-28-16-22(30(35)31(36)32(28)43-19-21-14-12-20(2)13-15-21)18-37-39-33(38-25-9-6-5-8-23(25)34(39)40)29-17-24-26(41-3)10-7-11-27(24)44-29/h5-18H,4,19H2,1-3H3. The molecule has 6 rings (SSSR count). The molecule has 0 atom stereocenters. The quantitative estimate of drug-likeness (QED) is 0.143. The molecule has 10 heteroatoms. The number of benzene rings is 4. The van der Waals surface area contributed by atoms with E-state index in [2.05, 4.69) is 21.0 Å². The Hall–Kier alpha value is -4.60. The fourth-order valence-corrected chi connectivity index (χ4v) is 5.42. The Bertz CT molecular complexity index is 2090. The van der Waals surface area contributed by atoms with Crippen molar-refractivity contribution in [1.29, 1.82) is 0 Å². The molecule has 4 aromatic carbocycles. The van der Waals surface area contributed by atoms with Crippen molar-refractivity contribution in [2.45, 2.75) is 20.5 Å². The second kappa shape index (κ2) is 12.6. The van der Waals surface area contributed by atoms with Gasteiger partial charge < -0.3 is 18.6 Å². The van der Waals surface area contributed by atoms with Crippen LogP contribution in [0.1, 0.15) is 23.6 Å². The number of hydrogen-bond acceptors (Lipinski definition) is 7. The Kier molecular flexibility index (Phi) is 8.41. The molecule has 0 fully saturated rings. The number of fused-ring (bicyclic) bond motifs is 2. The first-order valence-electron chi connectivity index (χ1n) is 13.8. The number of methoxy groups -OCH3 is 1. The third-order valence-electron chi connectivity index (χ3n) is 6.99. The predicted octanol–water partition coefficient (Wildman–Crippen LogP) is 8.40. The number of ether oxygens (including phenoxy) is 3. The van der Waals surface area contributed by atoms with Crippen molar-refractivity contribution in [3.63, 3.8) is 0 Å². The molecule has 0 aliphatic rings. The number of para-hydroxylation sites is 1. The summed E-state index contributed by atoms with van der Waals surface area (Å²) in [4.78, 5) is 18.5. The second-order valence-electron chi connectivity index (χ2n) is 9.93. The van der Waals surface area contributed by atoms with Gasteiger partial charge in [0, 0.05) is 10.0 Å². The fourth-order valence-electron chi connectivity index (χ4n) is 4.77. The van der Waals surface area contributed by atoms with Crippen LogP contribution in [-0.2, 0) is 6.61 Å². The van der Waals surface area contributed by atoms with Crippen molar-refractivity contribution in [3.05, 3.63) is 115 Å². The highest BCUT2D eigenvalue weighted by Gasteiger charge is 2.20. The highest BCUT2D eigenvalue weighted by atomic mass is 79.9. The summed E-state index contributed by atoms with van der Waals surface area (Å²) in [5.74, 6) is 2.08. The molecule has 2 heterocycles. The van der Waals surface area contributed by atoms with Crippen LogP contribution in [0, 0.1) is 6.92 Å². The minimum atomic E-state index is -0.362. The Morgan fingerprint density at radius 3 is 2.57 bits per heavy atom. The summed E-state index contributed by atoms with van der Waals surface area (Å²) in [5, 5.41) is 6.07. The van der Waals surface area contributed by atoms with Crippen LogP contribution >= 0.6 is 27.5 Å². The van der Waals surface area contributed by atoms with Gasteiger partial charge in [0.2, 0.25) is 5.82 Å². The molecule has 0 amide bonds. The maximum Gasteiger partial charge on any atom is 0.282 e. The highest BCUT2D eigenvalue weighted by Crippen LogP contribution is 2.43. The number of aromatic nitrogens is 2. The molecule has 0 aliphatic heterocycles. The largest absolute Gasteiger partial charge is 0.496 e. The van der Waals surface area contributed by atoms with Gasteiger partial charge >= 0.3 is 0 Å². The van der Waals surface area contributed by atoms with Gasteiger partial charge in [-0.1, -0.05) is 59.6 Å². The summed E-state index contributed by atoms with van der Waals surface area (Å²) in [6, 6.07) is 24.2. The van der Waals surface area contributed by atoms with Crippen LogP contribution in [0.25, 0.3) is 33.5 Å². The predicted molar refractivity (Wildman–Crippen MR) is 177 cm³/mol. The lowest BCUT2D eigenvalue weighted by Gasteiger charge is -2.16. The summed E-state index contributed by atoms with van der Waals surface area (Å²) in [7, 11) is 1.59. The lowest BCUT2D eigenvalue weighted by molar-refractivity contribution is 0.269. The van der Waals surface area contributed by atoms with E-state index in [-0.39, 0.29) is 11.4 Å². The number of aryl methyl sites for hydroxylation is 1. The van der Waals surface area contributed by atoms with Crippen LogP contribution < -0.4 is 19.8 Å². The van der Waals surface area contributed by atoms with Crippen molar-refractivity contribution in [1.82, 2.24) is 9.66 Å². The summed E-state index contributed by atoms with van der Waals surface area (Å²) in [5.41, 5.74) is 3.48. The average Bonchev–Trinajstić information content (AvgIpc) is 3.48. The number of hydrogen-bond donors (Lipinski definition) is 0. The molecular weight excluding hydrogens is 646 g/mol. The zero-order valence-corrected chi connectivity index (χ0v) is 26.5. The van der Waals surface area contributed by atoms with E-state index >= 15 is 0 Å². The van der Waals surface area contributed by atoms with Crippen molar-refractivity contribution < 1.29 is 18.6 Å². The van der Waals surface area contributed by atoms with E-state index in [9.17, 15) is 4.79 Å².